The lowest BCUT2D eigenvalue weighted by Crippen LogP contribution is -2.25. The van der Waals surface area contributed by atoms with Crippen LogP contribution in [0.3, 0.4) is 0 Å². The van der Waals surface area contributed by atoms with Crippen LogP contribution in [0.1, 0.15) is 45.4 Å². The number of pyridine rings is 1. The number of rotatable bonds is 3. The van der Waals surface area contributed by atoms with Crippen molar-refractivity contribution < 1.29 is 0 Å². The van der Waals surface area contributed by atoms with Gasteiger partial charge < -0.3 is 5.32 Å². The predicted octanol–water partition coefficient (Wildman–Crippen LogP) is 3.66. The predicted molar refractivity (Wildman–Crippen MR) is 73.4 cm³/mol. The Labute approximate surface area is 105 Å². The molecular weight excluding hydrogens is 208 g/mol. The summed E-state index contributed by atoms with van der Waals surface area (Å²) in [6.07, 6.45) is 3.63. The van der Waals surface area contributed by atoms with Crippen LogP contribution in [0.5, 0.6) is 0 Å². The van der Waals surface area contributed by atoms with Gasteiger partial charge in [-0.25, -0.2) is 4.98 Å². The van der Waals surface area contributed by atoms with Crippen LogP contribution in [0.2, 0.25) is 0 Å². The van der Waals surface area contributed by atoms with Gasteiger partial charge in [0.05, 0.1) is 0 Å². The molecule has 2 rings (SSSR count). The molecule has 17 heavy (non-hydrogen) atoms. The molecule has 0 fully saturated rings. The van der Waals surface area contributed by atoms with E-state index in [1.807, 2.05) is 0 Å². The topological polar surface area (TPSA) is 24.9 Å². The van der Waals surface area contributed by atoms with Gasteiger partial charge >= 0.3 is 0 Å². The molecule has 0 saturated heterocycles. The molecular formula is C15H24N2. The second-order valence-electron chi connectivity index (χ2n) is 6.30. The van der Waals surface area contributed by atoms with Crippen molar-refractivity contribution in [3.63, 3.8) is 0 Å². The molecule has 0 aromatic carbocycles. The Balaban J connectivity index is 1.96. The van der Waals surface area contributed by atoms with Crippen LogP contribution in [-0.2, 0) is 12.8 Å². The monoisotopic (exact) mass is 232 g/mol. The molecule has 1 aromatic heterocycles. The Hall–Kier alpha value is -1.05. The lowest BCUT2D eigenvalue weighted by molar-refractivity contribution is 0.274. The fourth-order valence-electron chi connectivity index (χ4n) is 2.08. The van der Waals surface area contributed by atoms with E-state index in [4.69, 9.17) is 4.98 Å². The van der Waals surface area contributed by atoms with E-state index in [0.29, 0.717) is 11.3 Å². The van der Waals surface area contributed by atoms with Gasteiger partial charge in [-0.3, -0.25) is 0 Å². The molecule has 2 heteroatoms. The molecule has 1 heterocycles. The zero-order valence-electron chi connectivity index (χ0n) is 11.5. The van der Waals surface area contributed by atoms with E-state index in [1.54, 1.807) is 0 Å². The number of aryl methyl sites for hydroxylation is 2. The third-order valence-electron chi connectivity index (χ3n) is 4.00. The summed E-state index contributed by atoms with van der Waals surface area (Å²) in [6.45, 7) is 10.1. The van der Waals surface area contributed by atoms with Crippen molar-refractivity contribution in [2.75, 3.05) is 11.9 Å². The summed E-state index contributed by atoms with van der Waals surface area (Å²) in [5.74, 6) is 1.68. The smallest absolute Gasteiger partial charge is 0.126 e. The molecule has 1 aromatic rings. The minimum atomic E-state index is 0.351. The normalized spacial score (nSPS) is 16.7. The van der Waals surface area contributed by atoms with Crippen molar-refractivity contribution in [2.24, 2.45) is 11.3 Å². The van der Waals surface area contributed by atoms with Crippen LogP contribution in [0, 0.1) is 11.3 Å². The van der Waals surface area contributed by atoms with Crippen LogP contribution in [0.15, 0.2) is 12.1 Å². The van der Waals surface area contributed by atoms with Gasteiger partial charge in [0, 0.05) is 12.2 Å². The maximum absolute atomic E-state index is 4.70. The van der Waals surface area contributed by atoms with Gasteiger partial charge in [0.15, 0.2) is 0 Å². The first-order chi connectivity index (χ1) is 7.97. The highest BCUT2D eigenvalue weighted by Crippen LogP contribution is 2.26. The molecule has 0 amide bonds. The molecule has 1 aliphatic rings. The summed E-state index contributed by atoms with van der Waals surface area (Å²) in [7, 11) is 0. The van der Waals surface area contributed by atoms with E-state index in [-0.39, 0.29) is 0 Å². The van der Waals surface area contributed by atoms with E-state index in [0.717, 1.165) is 18.8 Å². The molecule has 1 N–H and O–H groups in total. The van der Waals surface area contributed by atoms with E-state index in [2.05, 4.69) is 45.1 Å². The summed E-state index contributed by atoms with van der Waals surface area (Å²) >= 11 is 0. The molecule has 1 atom stereocenters. The van der Waals surface area contributed by atoms with Crippen molar-refractivity contribution in [3.05, 3.63) is 23.4 Å². The number of nitrogens with zero attached hydrogens (tertiary/aromatic N) is 1. The summed E-state index contributed by atoms with van der Waals surface area (Å²) < 4.78 is 0. The maximum Gasteiger partial charge on any atom is 0.126 e. The molecule has 0 saturated carbocycles. The number of anilines is 1. The van der Waals surface area contributed by atoms with Gasteiger partial charge in [0.1, 0.15) is 5.82 Å². The lowest BCUT2D eigenvalue weighted by atomic mass is 9.82. The average molecular weight is 232 g/mol. The van der Waals surface area contributed by atoms with Crippen LogP contribution in [-0.4, -0.2) is 11.5 Å². The van der Waals surface area contributed by atoms with Crippen LogP contribution in [0.4, 0.5) is 5.82 Å². The summed E-state index contributed by atoms with van der Waals surface area (Å²) in [4.78, 5) is 4.70. The van der Waals surface area contributed by atoms with Crippen molar-refractivity contribution in [1.82, 2.24) is 4.98 Å². The number of fused-ring (bicyclic) bond motifs is 1. The molecule has 1 aliphatic carbocycles. The second kappa shape index (κ2) is 4.67. The Morgan fingerprint density at radius 1 is 1.29 bits per heavy atom. The third kappa shape index (κ3) is 2.99. The Kier molecular flexibility index (Phi) is 3.41. The minimum Gasteiger partial charge on any atom is -0.370 e. The summed E-state index contributed by atoms with van der Waals surface area (Å²) in [5.41, 5.74) is 3.10. The van der Waals surface area contributed by atoms with Gasteiger partial charge in [-0.05, 0) is 42.2 Å². The quantitative estimate of drug-likeness (QED) is 0.860. The molecule has 2 nitrogen and oxygen atoms in total. The highest BCUT2D eigenvalue weighted by Gasteiger charge is 2.20. The van der Waals surface area contributed by atoms with E-state index >= 15 is 0 Å². The fraction of sp³-hybridized carbons (Fsp3) is 0.667. The second-order valence-corrected chi connectivity index (χ2v) is 6.30. The number of hydrogen-bond donors (Lipinski definition) is 1. The molecule has 0 radical (unpaired) electrons. The number of hydrogen-bond acceptors (Lipinski definition) is 2. The average Bonchev–Trinajstić information content (AvgIpc) is 2.71. The standard InChI is InChI=1S/C15H24N2/c1-11(15(2,3)4)10-16-14-9-8-12-6-5-7-13(12)17-14/h8-9,11H,5-7,10H2,1-4H3,(H,16,17). The Bertz CT molecular complexity index is 390. The van der Waals surface area contributed by atoms with E-state index in [9.17, 15) is 0 Å². The summed E-state index contributed by atoms with van der Waals surface area (Å²) in [6, 6.07) is 4.36. The maximum atomic E-state index is 4.70. The van der Waals surface area contributed by atoms with Crippen molar-refractivity contribution in [1.29, 1.82) is 0 Å². The fourth-order valence-corrected chi connectivity index (χ4v) is 2.08. The Morgan fingerprint density at radius 2 is 2.06 bits per heavy atom. The first-order valence-corrected chi connectivity index (χ1v) is 6.69. The Morgan fingerprint density at radius 3 is 2.76 bits per heavy atom. The molecule has 0 bridgehead atoms. The van der Waals surface area contributed by atoms with Gasteiger partial charge in [-0.2, -0.15) is 0 Å². The van der Waals surface area contributed by atoms with Gasteiger partial charge in [0.25, 0.3) is 0 Å². The van der Waals surface area contributed by atoms with Crippen molar-refractivity contribution >= 4 is 5.82 Å². The van der Waals surface area contributed by atoms with E-state index < -0.39 is 0 Å². The molecule has 0 spiro atoms. The highest BCUT2D eigenvalue weighted by molar-refractivity contribution is 5.40. The number of nitrogens with one attached hydrogen (secondary N) is 1. The lowest BCUT2D eigenvalue weighted by Gasteiger charge is -2.27. The van der Waals surface area contributed by atoms with Crippen molar-refractivity contribution in [3.8, 4) is 0 Å². The first kappa shape index (κ1) is 12.4. The van der Waals surface area contributed by atoms with Crippen LogP contribution >= 0.6 is 0 Å². The van der Waals surface area contributed by atoms with Crippen LogP contribution < -0.4 is 5.32 Å². The van der Waals surface area contributed by atoms with Gasteiger partial charge in [0.2, 0.25) is 0 Å². The first-order valence-electron chi connectivity index (χ1n) is 6.69. The van der Waals surface area contributed by atoms with Crippen LogP contribution in [0.25, 0.3) is 0 Å². The van der Waals surface area contributed by atoms with E-state index in [1.165, 1.54) is 24.1 Å². The molecule has 94 valence electrons. The zero-order chi connectivity index (χ0) is 12.5. The highest BCUT2D eigenvalue weighted by atomic mass is 15.0. The SMILES string of the molecule is CC(CNc1ccc2c(n1)CCC2)C(C)(C)C. The zero-order valence-corrected chi connectivity index (χ0v) is 11.5. The number of aromatic nitrogens is 1. The summed E-state index contributed by atoms with van der Waals surface area (Å²) in [5, 5.41) is 3.47. The minimum absolute atomic E-state index is 0.351. The van der Waals surface area contributed by atoms with Gasteiger partial charge in [-0.1, -0.05) is 33.8 Å². The molecule has 0 aliphatic heterocycles. The van der Waals surface area contributed by atoms with Gasteiger partial charge in [-0.15, -0.1) is 0 Å². The third-order valence-corrected chi connectivity index (χ3v) is 4.00. The largest absolute Gasteiger partial charge is 0.370 e. The molecule has 1 unspecified atom stereocenters. The van der Waals surface area contributed by atoms with Crippen molar-refractivity contribution in [2.45, 2.75) is 47.0 Å².